The van der Waals surface area contributed by atoms with Crippen LogP contribution in [0.5, 0.6) is 0 Å². The van der Waals surface area contributed by atoms with Crippen LogP contribution in [-0.2, 0) is 0 Å². The first-order valence-electron chi connectivity index (χ1n) is 4.85. The Hall–Kier alpha value is -0.0800. The van der Waals surface area contributed by atoms with Gasteiger partial charge in [-0.05, 0) is 31.2 Å². The lowest BCUT2D eigenvalue weighted by molar-refractivity contribution is 0.156. The zero-order valence-corrected chi connectivity index (χ0v) is 7.05. The molecule has 3 N–H and O–H groups in total. The first kappa shape index (κ1) is 7.56. The van der Waals surface area contributed by atoms with Crippen LogP contribution in [0.25, 0.3) is 0 Å². The van der Waals surface area contributed by atoms with Gasteiger partial charge in [0.15, 0.2) is 0 Å². The van der Waals surface area contributed by atoms with E-state index in [-0.39, 0.29) is 6.17 Å². The van der Waals surface area contributed by atoms with Crippen molar-refractivity contribution in [3.63, 3.8) is 0 Å². The van der Waals surface area contributed by atoms with Gasteiger partial charge in [-0.2, -0.15) is 0 Å². The third kappa shape index (κ3) is 1.57. The van der Waals surface area contributed by atoms with Gasteiger partial charge in [0.1, 0.15) is 0 Å². The van der Waals surface area contributed by atoms with Gasteiger partial charge in [-0.1, -0.05) is 19.3 Å². The average Bonchev–Trinajstić information content (AvgIpc) is 2.04. The second kappa shape index (κ2) is 3.11. The largest absolute Gasteiger partial charge is 0.316 e. The number of hydrogen-bond acceptors (Lipinski definition) is 2. The van der Waals surface area contributed by atoms with Gasteiger partial charge in [0.25, 0.3) is 0 Å². The molecule has 1 aliphatic carbocycles. The summed E-state index contributed by atoms with van der Waals surface area (Å²) in [6, 6.07) is 0. The Balaban J connectivity index is 1.93. The lowest BCUT2D eigenvalue weighted by Crippen LogP contribution is -2.49. The number of rotatable bonds is 0. The van der Waals surface area contributed by atoms with Gasteiger partial charge in [0.05, 0.1) is 6.17 Å². The Bertz CT molecular complexity index is 136. The maximum Gasteiger partial charge on any atom is 0.0549 e. The summed E-state index contributed by atoms with van der Waals surface area (Å²) >= 11 is 0. The first-order valence-corrected chi connectivity index (χ1v) is 4.85. The number of piperidine rings is 1. The summed E-state index contributed by atoms with van der Waals surface area (Å²) in [6.45, 7) is 1.17. The van der Waals surface area contributed by atoms with Crippen molar-refractivity contribution >= 4 is 0 Å². The van der Waals surface area contributed by atoms with E-state index in [4.69, 9.17) is 5.73 Å². The molecule has 3 atom stereocenters. The second-order valence-corrected chi connectivity index (χ2v) is 4.06. The Morgan fingerprint density at radius 2 is 1.82 bits per heavy atom. The Morgan fingerprint density at radius 3 is 2.64 bits per heavy atom. The molecule has 2 fully saturated rings. The molecular formula is C9H18N2. The predicted octanol–water partition coefficient (Wildman–Crippen LogP) is 1.07. The quantitative estimate of drug-likeness (QED) is 0.548. The van der Waals surface area contributed by atoms with Crippen molar-refractivity contribution in [2.24, 2.45) is 17.6 Å². The topological polar surface area (TPSA) is 38.0 Å². The van der Waals surface area contributed by atoms with E-state index in [1.165, 1.54) is 38.6 Å². The van der Waals surface area contributed by atoms with Crippen molar-refractivity contribution < 1.29 is 0 Å². The van der Waals surface area contributed by atoms with Crippen molar-refractivity contribution in [1.29, 1.82) is 0 Å². The number of nitrogens with two attached hydrogens (primary N) is 1. The molecule has 1 saturated carbocycles. The summed E-state index contributed by atoms with van der Waals surface area (Å²) < 4.78 is 0. The highest BCUT2D eigenvalue weighted by atomic mass is 15.0. The third-order valence-electron chi connectivity index (χ3n) is 3.27. The van der Waals surface area contributed by atoms with Gasteiger partial charge in [-0.3, -0.25) is 0 Å². The molecule has 3 unspecified atom stereocenters. The molecule has 0 amide bonds. The van der Waals surface area contributed by atoms with Crippen molar-refractivity contribution in [2.75, 3.05) is 6.54 Å². The van der Waals surface area contributed by atoms with Gasteiger partial charge >= 0.3 is 0 Å². The van der Waals surface area contributed by atoms with Crippen LogP contribution in [0.1, 0.15) is 32.1 Å². The normalized spacial score (nSPS) is 45.0. The minimum absolute atomic E-state index is 0.286. The van der Waals surface area contributed by atoms with Crippen LogP contribution < -0.4 is 11.1 Å². The maximum atomic E-state index is 5.83. The molecule has 64 valence electrons. The highest BCUT2D eigenvalue weighted by Crippen LogP contribution is 2.34. The third-order valence-corrected chi connectivity index (χ3v) is 3.27. The van der Waals surface area contributed by atoms with E-state index >= 15 is 0 Å². The van der Waals surface area contributed by atoms with Crippen LogP contribution in [0.15, 0.2) is 0 Å². The van der Waals surface area contributed by atoms with E-state index in [9.17, 15) is 0 Å². The molecule has 1 saturated heterocycles. The Kier molecular flexibility index (Phi) is 2.14. The fourth-order valence-corrected chi connectivity index (χ4v) is 2.58. The molecule has 2 heteroatoms. The molecule has 0 aromatic heterocycles. The Labute approximate surface area is 68.5 Å². The fraction of sp³-hybridized carbons (Fsp3) is 1.00. The van der Waals surface area contributed by atoms with E-state index < -0.39 is 0 Å². The van der Waals surface area contributed by atoms with Gasteiger partial charge < -0.3 is 11.1 Å². The standard InChI is InChI=1S/C9H18N2/c10-9-5-7-3-1-2-4-8(7)6-11-9/h7-9,11H,1-6,10H2. The SMILES string of the molecule is NC1CC2CCCCC2CN1. The van der Waals surface area contributed by atoms with Gasteiger partial charge in [0.2, 0.25) is 0 Å². The summed E-state index contributed by atoms with van der Waals surface area (Å²) in [5.74, 6) is 1.89. The summed E-state index contributed by atoms with van der Waals surface area (Å²) in [6.07, 6.45) is 7.25. The molecule has 0 aromatic carbocycles. The first-order chi connectivity index (χ1) is 5.36. The number of hydrogen-bond donors (Lipinski definition) is 2. The predicted molar refractivity (Wildman–Crippen MR) is 46.0 cm³/mol. The van der Waals surface area contributed by atoms with E-state index in [1.807, 2.05) is 0 Å². The summed E-state index contributed by atoms with van der Waals surface area (Å²) in [7, 11) is 0. The highest BCUT2D eigenvalue weighted by molar-refractivity contribution is 4.84. The van der Waals surface area contributed by atoms with Crippen LogP contribution in [0, 0.1) is 11.8 Å². The van der Waals surface area contributed by atoms with E-state index in [2.05, 4.69) is 5.32 Å². The molecule has 0 aromatic rings. The van der Waals surface area contributed by atoms with Crippen molar-refractivity contribution in [3.8, 4) is 0 Å². The minimum Gasteiger partial charge on any atom is -0.316 e. The maximum absolute atomic E-state index is 5.83. The van der Waals surface area contributed by atoms with Crippen molar-refractivity contribution in [2.45, 2.75) is 38.3 Å². The van der Waals surface area contributed by atoms with Crippen molar-refractivity contribution in [3.05, 3.63) is 0 Å². The average molecular weight is 154 g/mol. The van der Waals surface area contributed by atoms with Crippen LogP contribution in [0.2, 0.25) is 0 Å². The summed E-state index contributed by atoms with van der Waals surface area (Å²) in [5.41, 5.74) is 5.83. The van der Waals surface area contributed by atoms with Crippen LogP contribution >= 0.6 is 0 Å². The molecule has 11 heavy (non-hydrogen) atoms. The van der Waals surface area contributed by atoms with Crippen LogP contribution in [0.4, 0.5) is 0 Å². The van der Waals surface area contributed by atoms with Crippen LogP contribution in [0.3, 0.4) is 0 Å². The molecule has 2 rings (SSSR count). The Morgan fingerprint density at radius 1 is 1.09 bits per heavy atom. The van der Waals surface area contributed by atoms with Crippen LogP contribution in [-0.4, -0.2) is 12.7 Å². The minimum atomic E-state index is 0.286. The summed E-state index contributed by atoms with van der Waals surface area (Å²) in [4.78, 5) is 0. The van der Waals surface area contributed by atoms with Gasteiger partial charge in [-0.25, -0.2) is 0 Å². The van der Waals surface area contributed by atoms with E-state index in [0.717, 1.165) is 11.8 Å². The van der Waals surface area contributed by atoms with Gasteiger partial charge in [-0.15, -0.1) is 0 Å². The second-order valence-electron chi connectivity index (χ2n) is 4.06. The van der Waals surface area contributed by atoms with E-state index in [0.29, 0.717) is 0 Å². The molecule has 0 radical (unpaired) electrons. The van der Waals surface area contributed by atoms with Gasteiger partial charge in [0, 0.05) is 0 Å². The molecule has 0 bridgehead atoms. The molecule has 2 aliphatic rings. The lowest BCUT2D eigenvalue weighted by Gasteiger charge is -2.38. The number of fused-ring (bicyclic) bond motifs is 1. The molecule has 2 nitrogen and oxygen atoms in total. The molecule has 1 heterocycles. The van der Waals surface area contributed by atoms with Crippen molar-refractivity contribution in [1.82, 2.24) is 5.32 Å². The molecule has 0 spiro atoms. The monoisotopic (exact) mass is 154 g/mol. The smallest absolute Gasteiger partial charge is 0.0549 e. The molecular weight excluding hydrogens is 136 g/mol. The van der Waals surface area contributed by atoms with E-state index in [1.54, 1.807) is 0 Å². The zero-order chi connectivity index (χ0) is 7.68. The molecule has 1 aliphatic heterocycles. The summed E-state index contributed by atoms with van der Waals surface area (Å²) in [5, 5.41) is 3.36. The zero-order valence-electron chi connectivity index (χ0n) is 7.05. The fourth-order valence-electron chi connectivity index (χ4n) is 2.58. The number of nitrogens with one attached hydrogen (secondary N) is 1. The lowest BCUT2D eigenvalue weighted by atomic mass is 9.75. The highest BCUT2D eigenvalue weighted by Gasteiger charge is 2.30.